The highest BCUT2D eigenvalue weighted by atomic mass is 16.4. The second kappa shape index (κ2) is 4.29. The Balaban J connectivity index is 0.00000121. The Morgan fingerprint density at radius 1 is 1.08 bits per heavy atom. The molecule has 1 aromatic rings. The third kappa shape index (κ3) is 2.36. The van der Waals surface area contributed by atoms with Crippen molar-refractivity contribution in [3.05, 3.63) is 29.3 Å². The van der Waals surface area contributed by atoms with Crippen molar-refractivity contribution in [1.29, 1.82) is 0 Å². The summed E-state index contributed by atoms with van der Waals surface area (Å²) in [7, 11) is -1.35. The summed E-state index contributed by atoms with van der Waals surface area (Å²) in [5.41, 5.74) is 2.79. The minimum absolute atomic E-state index is 0. The van der Waals surface area contributed by atoms with Gasteiger partial charge in [-0.2, -0.15) is 0 Å². The van der Waals surface area contributed by atoms with Crippen LogP contribution in [0.2, 0.25) is 0 Å². The molecule has 0 saturated heterocycles. The molecule has 0 fully saturated rings. The van der Waals surface area contributed by atoms with Gasteiger partial charge in [0, 0.05) is 0 Å². The fourth-order valence-corrected chi connectivity index (χ4v) is 0.925. The van der Waals surface area contributed by atoms with Gasteiger partial charge in [-0.1, -0.05) is 25.6 Å². The molecular weight excluding hydrogens is 151 g/mol. The van der Waals surface area contributed by atoms with Crippen LogP contribution in [0.4, 0.5) is 0 Å². The van der Waals surface area contributed by atoms with Crippen LogP contribution in [0.15, 0.2) is 18.2 Å². The fraction of sp³-hybridized carbons (Fsp3) is 0.333. The van der Waals surface area contributed by atoms with E-state index in [1.54, 1.807) is 12.1 Å². The maximum Gasteiger partial charge on any atom is 0.488 e. The second-order valence-electron chi connectivity index (χ2n) is 2.72. The largest absolute Gasteiger partial charge is 0.488 e. The standard InChI is InChI=1S/C8H11BO2.CH4/c1-6-3-4-8(9(10)11)5-7(6)2;/h3-5,10-11H,1-2H3;1H4. The van der Waals surface area contributed by atoms with Crippen LogP contribution < -0.4 is 5.46 Å². The number of aryl methyl sites for hydroxylation is 2. The number of benzene rings is 1. The van der Waals surface area contributed by atoms with Crippen molar-refractivity contribution in [3.8, 4) is 0 Å². The Kier molecular flexibility index (Phi) is 4.00. The van der Waals surface area contributed by atoms with E-state index in [9.17, 15) is 0 Å². The van der Waals surface area contributed by atoms with Crippen molar-refractivity contribution in [2.45, 2.75) is 21.3 Å². The van der Waals surface area contributed by atoms with Gasteiger partial charge in [0.1, 0.15) is 0 Å². The smallest absolute Gasteiger partial charge is 0.423 e. The number of rotatable bonds is 1. The van der Waals surface area contributed by atoms with Gasteiger partial charge in [0.25, 0.3) is 0 Å². The molecule has 3 heteroatoms. The maximum atomic E-state index is 8.79. The molecule has 0 aromatic heterocycles. The third-order valence-electron chi connectivity index (χ3n) is 1.83. The lowest BCUT2D eigenvalue weighted by atomic mass is 9.79. The van der Waals surface area contributed by atoms with Gasteiger partial charge >= 0.3 is 7.12 Å². The van der Waals surface area contributed by atoms with Crippen LogP contribution in [0.1, 0.15) is 18.6 Å². The predicted molar refractivity (Wildman–Crippen MR) is 52.5 cm³/mol. The van der Waals surface area contributed by atoms with Gasteiger partial charge < -0.3 is 10.0 Å². The minimum atomic E-state index is -1.35. The Labute approximate surface area is 74.0 Å². The molecule has 2 N–H and O–H groups in total. The SMILES string of the molecule is C.Cc1ccc(B(O)O)cc1C. The first-order valence-corrected chi connectivity index (χ1v) is 3.54. The zero-order chi connectivity index (χ0) is 8.43. The summed E-state index contributed by atoms with van der Waals surface area (Å²) in [5.74, 6) is 0. The van der Waals surface area contributed by atoms with Gasteiger partial charge in [0.15, 0.2) is 0 Å². The summed E-state index contributed by atoms with van der Waals surface area (Å²) in [6.07, 6.45) is 0. The highest BCUT2D eigenvalue weighted by Gasteiger charge is 2.10. The normalized spacial score (nSPS) is 9.00. The Morgan fingerprint density at radius 3 is 2.08 bits per heavy atom. The van der Waals surface area contributed by atoms with E-state index >= 15 is 0 Å². The van der Waals surface area contributed by atoms with E-state index in [-0.39, 0.29) is 7.43 Å². The molecule has 0 saturated carbocycles. The number of hydrogen-bond acceptors (Lipinski definition) is 2. The van der Waals surface area contributed by atoms with Crippen LogP contribution >= 0.6 is 0 Å². The molecule has 0 unspecified atom stereocenters. The molecule has 66 valence electrons. The summed E-state index contributed by atoms with van der Waals surface area (Å²) in [5, 5.41) is 17.6. The van der Waals surface area contributed by atoms with Crippen LogP contribution in [0.3, 0.4) is 0 Å². The van der Waals surface area contributed by atoms with Crippen molar-refractivity contribution in [2.75, 3.05) is 0 Å². The molecule has 0 radical (unpaired) electrons. The molecule has 0 aliphatic rings. The van der Waals surface area contributed by atoms with Crippen molar-refractivity contribution in [1.82, 2.24) is 0 Å². The molecule has 0 aliphatic heterocycles. The highest BCUT2D eigenvalue weighted by molar-refractivity contribution is 6.58. The quantitative estimate of drug-likeness (QED) is 0.600. The molecule has 1 aromatic carbocycles. The van der Waals surface area contributed by atoms with Crippen molar-refractivity contribution >= 4 is 12.6 Å². The van der Waals surface area contributed by atoms with Crippen LogP contribution in [-0.2, 0) is 0 Å². The van der Waals surface area contributed by atoms with E-state index in [4.69, 9.17) is 10.0 Å². The average Bonchev–Trinajstić information content (AvgIpc) is 1.94. The van der Waals surface area contributed by atoms with Gasteiger partial charge in [-0.25, -0.2) is 0 Å². The molecule has 0 heterocycles. The molecule has 0 aliphatic carbocycles. The Bertz CT molecular complexity index is 259. The first kappa shape index (κ1) is 11.2. The van der Waals surface area contributed by atoms with Crippen LogP contribution in [-0.4, -0.2) is 17.2 Å². The molecule has 0 atom stereocenters. The van der Waals surface area contributed by atoms with E-state index < -0.39 is 7.12 Å². The first-order chi connectivity index (χ1) is 5.11. The highest BCUT2D eigenvalue weighted by Crippen LogP contribution is 2.02. The van der Waals surface area contributed by atoms with Crippen LogP contribution in [0.25, 0.3) is 0 Å². The fourth-order valence-electron chi connectivity index (χ4n) is 0.925. The molecule has 2 nitrogen and oxygen atoms in total. The van der Waals surface area contributed by atoms with Gasteiger partial charge in [-0.3, -0.25) is 0 Å². The number of hydrogen-bond donors (Lipinski definition) is 2. The van der Waals surface area contributed by atoms with E-state index in [1.165, 1.54) is 0 Å². The molecule has 0 spiro atoms. The molecule has 0 bridgehead atoms. The Morgan fingerprint density at radius 2 is 1.67 bits per heavy atom. The molecule has 1 rings (SSSR count). The molecule has 0 amide bonds. The third-order valence-corrected chi connectivity index (χ3v) is 1.83. The Hall–Kier alpha value is -0.795. The summed E-state index contributed by atoms with van der Waals surface area (Å²) in [6, 6.07) is 5.37. The topological polar surface area (TPSA) is 40.5 Å². The van der Waals surface area contributed by atoms with Crippen molar-refractivity contribution in [2.24, 2.45) is 0 Å². The lowest BCUT2D eigenvalue weighted by Crippen LogP contribution is -2.29. The second-order valence-corrected chi connectivity index (χ2v) is 2.72. The van der Waals surface area contributed by atoms with Gasteiger partial charge in [0.2, 0.25) is 0 Å². The van der Waals surface area contributed by atoms with Gasteiger partial charge in [-0.05, 0) is 30.4 Å². The van der Waals surface area contributed by atoms with Gasteiger partial charge in [-0.15, -0.1) is 0 Å². The van der Waals surface area contributed by atoms with Gasteiger partial charge in [0.05, 0.1) is 0 Å². The zero-order valence-corrected chi connectivity index (χ0v) is 6.70. The zero-order valence-electron chi connectivity index (χ0n) is 6.70. The summed E-state index contributed by atoms with van der Waals surface area (Å²) in [6.45, 7) is 3.93. The predicted octanol–water partition coefficient (Wildman–Crippen LogP) is 0.619. The van der Waals surface area contributed by atoms with Crippen LogP contribution in [0.5, 0.6) is 0 Å². The van der Waals surface area contributed by atoms with Crippen molar-refractivity contribution < 1.29 is 10.0 Å². The first-order valence-electron chi connectivity index (χ1n) is 3.54. The average molecular weight is 166 g/mol. The van der Waals surface area contributed by atoms with E-state index in [2.05, 4.69) is 0 Å². The summed E-state index contributed by atoms with van der Waals surface area (Å²) < 4.78 is 0. The van der Waals surface area contributed by atoms with Crippen LogP contribution in [0, 0.1) is 13.8 Å². The monoisotopic (exact) mass is 166 g/mol. The molecule has 12 heavy (non-hydrogen) atoms. The molecular formula is C9H15BO2. The maximum absolute atomic E-state index is 8.79. The lowest BCUT2D eigenvalue weighted by Gasteiger charge is -2.02. The van der Waals surface area contributed by atoms with E-state index in [1.807, 2.05) is 19.9 Å². The van der Waals surface area contributed by atoms with E-state index in [0.29, 0.717) is 5.46 Å². The lowest BCUT2D eigenvalue weighted by molar-refractivity contribution is 0.425. The summed E-state index contributed by atoms with van der Waals surface area (Å²) in [4.78, 5) is 0. The minimum Gasteiger partial charge on any atom is -0.423 e. The van der Waals surface area contributed by atoms with E-state index in [0.717, 1.165) is 11.1 Å². The van der Waals surface area contributed by atoms with Crippen molar-refractivity contribution in [3.63, 3.8) is 0 Å². The summed E-state index contributed by atoms with van der Waals surface area (Å²) >= 11 is 0.